The molecule has 1 aromatic rings. The van der Waals surface area contributed by atoms with Gasteiger partial charge in [-0.1, -0.05) is 19.4 Å². The SMILES string of the molecule is CCCc1[c]cccn1. The standard InChI is InChI=1S/C8H10N/c1-2-5-8-6-3-4-7-9-8/h3-4,7H,2,5H2,1H3. The number of nitrogens with zero attached hydrogens (tertiary/aromatic N) is 1. The summed E-state index contributed by atoms with van der Waals surface area (Å²) < 4.78 is 0. The van der Waals surface area contributed by atoms with E-state index in [9.17, 15) is 0 Å². The Kier molecular flexibility index (Phi) is 2.25. The lowest BCUT2D eigenvalue weighted by atomic mass is 10.2. The lowest BCUT2D eigenvalue weighted by molar-refractivity contribution is 0.880. The van der Waals surface area contributed by atoms with Crippen molar-refractivity contribution in [3.05, 3.63) is 30.1 Å². The van der Waals surface area contributed by atoms with Crippen LogP contribution >= 0.6 is 0 Å². The second-order valence-electron chi connectivity index (χ2n) is 1.98. The molecule has 0 saturated carbocycles. The third-order valence-electron chi connectivity index (χ3n) is 1.15. The molecule has 1 nitrogen and oxygen atoms in total. The van der Waals surface area contributed by atoms with E-state index in [2.05, 4.69) is 18.0 Å². The van der Waals surface area contributed by atoms with E-state index < -0.39 is 0 Å². The summed E-state index contributed by atoms with van der Waals surface area (Å²) in [7, 11) is 0. The van der Waals surface area contributed by atoms with E-state index in [0.29, 0.717) is 0 Å². The summed E-state index contributed by atoms with van der Waals surface area (Å²) >= 11 is 0. The Bertz CT molecular complexity index is 157. The summed E-state index contributed by atoms with van der Waals surface area (Å²) in [6.45, 7) is 2.14. The maximum absolute atomic E-state index is 4.11. The van der Waals surface area contributed by atoms with Crippen LogP contribution < -0.4 is 0 Å². The molecule has 0 unspecified atom stereocenters. The van der Waals surface area contributed by atoms with Gasteiger partial charge >= 0.3 is 0 Å². The van der Waals surface area contributed by atoms with Crippen LogP contribution in [0, 0.1) is 6.07 Å². The number of hydrogen-bond acceptors (Lipinski definition) is 1. The van der Waals surface area contributed by atoms with Gasteiger partial charge in [-0.25, -0.2) is 0 Å². The van der Waals surface area contributed by atoms with Gasteiger partial charge in [0.2, 0.25) is 0 Å². The van der Waals surface area contributed by atoms with Gasteiger partial charge in [0, 0.05) is 18.0 Å². The van der Waals surface area contributed by atoms with Crippen LogP contribution in [0.3, 0.4) is 0 Å². The van der Waals surface area contributed by atoms with Crippen LogP contribution in [0.2, 0.25) is 0 Å². The molecule has 0 aromatic carbocycles. The Morgan fingerprint density at radius 1 is 1.67 bits per heavy atom. The first-order valence-electron chi connectivity index (χ1n) is 3.25. The summed E-state index contributed by atoms with van der Waals surface area (Å²) in [6, 6.07) is 6.85. The Hall–Kier alpha value is -0.850. The van der Waals surface area contributed by atoms with Crippen LogP contribution in [0.5, 0.6) is 0 Å². The van der Waals surface area contributed by atoms with Crippen LogP contribution in [0.15, 0.2) is 18.3 Å². The fraction of sp³-hybridized carbons (Fsp3) is 0.375. The third-order valence-corrected chi connectivity index (χ3v) is 1.15. The maximum Gasteiger partial charge on any atom is 0.0482 e. The predicted molar refractivity (Wildman–Crippen MR) is 37.1 cm³/mol. The molecular weight excluding hydrogens is 110 g/mol. The first-order valence-corrected chi connectivity index (χ1v) is 3.25. The molecule has 1 heterocycles. The van der Waals surface area contributed by atoms with Crippen LogP contribution in [-0.4, -0.2) is 4.98 Å². The van der Waals surface area contributed by atoms with Crippen molar-refractivity contribution in [1.82, 2.24) is 4.98 Å². The number of aryl methyl sites for hydroxylation is 1. The highest BCUT2D eigenvalue weighted by molar-refractivity contribution is 5.00. The van der Waals surface area contributed by atoms with E-state index in [1.54, 1.807) is 0 Å². The zero-order valence-corrected chi connectivity index (χ0v) is 5.59. The second kappa shape index (κ2) is 3.23. The van der Waals surface area contributed by atoms with E-state index in [1.807, 2.05) is 18.3 Å². The van der Waals surface area contributed by atoms with Gasteiger partial charge in [0.05, 0.1) is 0 Å². The molecule has 0 fully saturated rings. The van der Waals surface area contributed by atoms with Gasteiger partial charge < -0.3 is 0 Å². The van der Waals surface area contributed by atoms with Crippen molar-refractivity contribution in [1.29, 1.82) is 0 Å². The average molecular weight is 120 g/mol. The summed E-state index contributed by atoms with van der Waals surface area (Å²) in [5.74, 6) is 0. The van der Waals surface area contributed by atoms with Gasteiger partial charge in [0.15, 0.2) is 0 Å². The van der Waals surface area contributed by atoms with Crippen molar-refractivity contribution in [2.45, 2.75) is 19.8 Å². The fourth-order valence-corrected chi connectivity index (χ4v) is 0.731. The molecule has 0 aliphatic heterocycles. The van der Waals surface area contributed by atoms with E-state index in [1.165, 1.54) is 0 Å². The van der Waals surface area contributed by atoms with Gasteiger partial charge in [-0.05, 0) is 12.5 Å². The Balaban J connectivity index is 2.61. The molecule has 1 heteroatoms. The highest BCUT2D eigenvalue weighted by Gasteiger charge is 1.87. The molecule has 0 saturated heterocycles. The van der Waals surface area contributed by atoms with E-state index in [0.717, 1.165) is 18.5 Å². The van der Waals surface area contributed by atoms with Crippen molar-refractivity contribution in [2.24, 2.45) is 0 Å². The van der Waals surface area contributed by atoms with Gasteiger partial charge in [-0.15, -0.1) is 0 Å². The molecule has 9 heavy (non-hydrogen) atoms. The molecule has 0 amide bonds. The highest BCUT2D eigenvalue weighted by Crippen LogP contribution is 1.94. The van der Waals surface area contributed by atoms with E-state index >= 15 is 0 Å². The average Bonchev–Trinajstić information content (AvgIpc) is 1.91. The molecule has 1 radical (unpaired) electrons. The van der Waals surface area contributed by atoms with Gasteiger partial charge in [-0.2, -0.15) is 0 Å². The Morgan fingerprint density at radius 2 is 2.56 bits per heavy atom. The predicted octanol–water partition coefficient (Wildman–Crippen LogP) is 1.83. The maximum atomic E-state index is 4.11. The van der Waals surface area contributed by atoms with Gasteiger partial charge in [0.25, 0.3) is 0 Å². The largest absolute Gasteiger partial charge is 0.261 e. The lowest BCUT2D eigenvalue weighted by Crippen LogP contribution is -1.85. The summed E-state index contributed by atoms with van der Waals surface area (Å²) in [4.78, 5) is 4.11. The van der Waals surface area contributed by atoms with Crippen LogP contribution in [-0.2, 0) is 6.42 Å². The zero-order valence-electron chi connectivity index (χ0n) is 5.59. The Labute approximate surface area is 55.7 Å². The molecule has 0 aliphatic carbocycles. The second-order valence-corrected chi connectivity index (χ2v) is 1.98. The minimum atomic E-state index is 1.04. The number of rotatable bonds is 2. The van der Waals surface area contributed by atoms with Crippen molar-refractivity contribution < 1.29 is 0 Å². The summed E-state index contributed by atoms with van der Waals surface area (Å²) in [5, 5.41) is 0. The van der Waals surface area contributed by atoms with Crippen molar-refractivity contribution in [3.8, 4) is 0 Å². The fourth-order valence-electron chi connectivity index (χ4n) is 0.731. The highest BCUT2D eigenvalue weighted by atomic mass is 14.7. The summed E-state index contributed by atoms with van der Waals surface area (Å²) in [6.07, 6.45) is 4.00. The zero-order chi connectivity index (χ0) is 6.53. The topological polar surface area (TPSA) is 12.9 Å². The normalized spacial score (nSPS) is 9.44. The molecule has 0 aliphatic rings. The van der Waals surface area contributed by atoms with E-state index in [4.69, 9.17) is 0 Å². The third kappa shape index (κ3) is 1.84. The molecule has 1 aromatic heterocycles. The van der Waals surface area contributed by atoms with Crippen molar-refractivity contribution >= 4 is 0 Å². The minimum absolute atomic E-state index is 1.04. The lowest BCUT2D eigenvalue weighted by Gasteiger charge is -1.91. The number of pyridine rings is 1. The molecule has 1 rings (SSSR count). The van der Waals surface area contributed by atoms with Crippen molar-refractivity contribution in [2.75, 3.05) is 0 Å². The smallest absolute Gasteiger partial charge is 0.0482 e. The monoisotopic (exact) mass is 120 g/mol. The number of hydrogen-bond donors (Lipinski definition) is 0. The first-order chi connectivity index (χ1) is 4.43. The number of aromatic nitrogens is 1. The van der Waals surface area contributed by atoms with Crippen LogP contribution in [0.1, 0.15) is 19.0 Å². The Morgan fingerprint density at radius 3 is 3.11 bits per heavy atom. The molecule has 47 valence electrons. The van der Waals surface area contributed by atoms with Crippen molar-refractivity contribution in [3.63, 3.8) is 0 Å². The molecule has 0 bridgehead atoms. The van der Waals surface area contributed by atoms with Crippen LogP contribution in [0.25, 0.3) is 0 Å². The minimum Gasteiger partial charge on any atom is -0.261 e. The van der Waals surface area contributed by atoms with Gasteiger partial charge in [-0.3, -0.25) is 4.98 Å². The first kappa shape index (κ1) is 6.27. The van der Waals surface area contributed by atoms with E-state index in [-0.39, 0.29) is 0 Å². The quantitative estimate of drug-likeness (QED) is 0.580. The molecule has 0 N–H and O–H groups in total. The molecule has 0 spiro atoms. The van der Waals surface area contributed by atoms with Crippen LogP contribution in [0.4, 0.5) is 0 Å². The van der Waals surface area contributed by atoms with Gasteiger partial charge in [0.1, 0.15) is 0 Å². The summed E-state index contributed by atoms with van der Waals surface area (Å²) in [5.41, 5.74) is 1.07. The molecule has 0 atom stereocenters. The molecular formula is C8H10N.